The highest BCUT2D eigenvalue weighted by Crippen LogP contribution is 2.23. The van der Waals surface area contributed by atoms with Crippen LogP contribution in [0.5, 0.6) is 0 Å². The summed E-state index contributed by atoms with van der Waals surface area (Å²) >= 11 is 6.04. The number of amides is 1. The number of hydrogen-bond acceptors (Lipinski definition) is 4. The van der Waals surface area contributed by atoms with E-state index < -0.39 is 10.0 Å². The van der Waals surface area contributed by atoms with Crippen LogP contribution in [0.4, 0.5) is 5.69 Å². The van der Waals surface area contributed by atoms with E-state index in [0.717, 1.165) is 5.56 Å². The van der Waals surface area contributed by atoms with Crippen molar-refractivity contribution in [3.63, 3.8) is 0 Å². The zero-order valence-corrected chi connectivity index (χ0v) is 16.3. The number of halogens is 1. The number of benzene rings is 2. The minimum absolute atomic E-state index is 0.0796. The third kappa shape index (κ3) is 5.04. The molecule has 26 heavy (non-hydrogen) atoms. The Morgan fingerprint density at radius 3 is 2.46 bits per heavy atom. The van der Waals surface area contributed by atoms with Crippen molar-refractivity contribution in [1.29, 1.82) is 0 Å². The van der Waals surface area contributed by atoms with E-state index in [1.54, 1.807) is 32.0 Å². The Labute approximate surface area is 158 Å². The van der Waals surface area contributed by atoms with Crippen LogP contribution in [0.1, 0.15) is 22.8 Å². The second-order valence-electron chi connectivity index (χ2n) is 5.87. The predicted octanol–water partition coefficient (Wildman–Crippen LogP) is 3.21. The van der Waals surface area contributed by atoms with Crippen molar-refractivity contribution in [3.8, 4) is 0 Å². The standard InChI is InChI=1S/C18H21ClN2O4S/c1-12(11-25-3)21-26(23,24)15-9-7-14(8-10-15)18(22)20-17-6-4-5-16(19)13(17)2/h4-10,12,21H,11H2,1-3H3,(H,20,22)/t12-/m0/s1. The van der Waals surface area contributed by atoms with Crippen LogP contribution in [-0.2, 0) is 14.8 Å². The fraction of sp³-hybridized carbons (Fsp3) is 0.278. The van der Waals surface area contributed by atoms with Crippen LogP contribution in [0.25, 0.3) is 0 Å². The van der Waals surface area contributed by atoms with Crippen molar-refractivity contribution in [1.82, 2.24) is 4.72 Å². The quantitative estimate of drug-likeness (QED) is 0.752. The van der Waals surface area contributed by atoms with Gasteiger partial charge < -0.3 is 10.1 Å². The molecule has 0 saturated heterocycles. The van der Waals surface area contributed by atoms with Gasteiger partial charge in [-0.05, 0) is 55.8 Å². The van der Waals surface area contributed by atoms with Crippen molar-refractivity contribution >= 4 is 33.2 Å². The smallest absolute Gasteiger partial charge is 0.255 e. The first-order valence-corrected chi connectivity index (χ1v) is 9.78. The van der Waals surface area contributed by atoms with Crippen LogP contribution >= 0.6 is 11.6 Å². The number of hydrogen-bond donors (Lipinski definition) is 2. The van der Waals surface area contributed by atoms with Gasteiger partial charge in [0.2, 0.25) is 10.0 Å². The average Bonchev–Trinajstić information content (AvgIpc) is 2.59. The van der Waals surface area contributed by atoms with E-state index >= 15 is 0 Å². The van der Waals surface area contributed by atoms with Crippen LogP contribution in [0.3, 0.4) is 0 Å². The molecule has 140 valence electrons. The van der Waals surface area contributed by atoms with E-state index in [1.165, 1.54) is 31.4 Å². The van der Waals surface area contributed by atoms with Crippen LogP contribution in [-0.4, -0.2) is 34.1 Å². The van der Waals surface area contributed by atoms with Crippen LogP contribution < -0.4 is 10.0 Å². The molecule has 0 aliphatic carbocycles. The van der Waals surface area contributed by atoms with Crippen LogP contribution in [0, 0.1) is 6.92 Å². The summed E-state index contributed by atoms with van der Waals surface area (Å²) in [7, 11) is -2.17. The summed E-state index contributed by atoms with van der Waals surface area (Å²) in [6.07, 6.45) is 0. The predicted molar refractivity (Wildman–Crippen MR) is 102 cm³/mol. The molecule has 0 saturated carbocycles. The van der Waals surface area contributed by atoms with E-state index in [4.69, 9.17) is 16.3 Å². The summed E-state index contributed by atoms with van der Waals surface area (Å²) in [5, 5.41) is 3.33. The van der Waals surface area contributed by atoms with E-state index in [-0.39, 0.29) is 23.5 Å². The highest BCUT2D eigenvalue weighted by Gasteiger charge is 2.18. The van der Waals surface area contributed by atoms with Gasteiger partial charge in [0.15, 0.2) is 0 Å². The Morgan fingerprint density at radius 1 is 1.19 bits per heavy atom. The minimum Gasteiger partial charge on any atom is -0.383 e. The topological polar surface area (TPSA) is 84.5 Å². The molecule has 2 N–H and O–H groups in total. The van der Waals surface area contributed by atoms with E-state index in [1.807, 2.05) is 0 Å². The molecule has 1 atom stereocenters. The molecule has 0 aliphatic heterocycles. The molecule has 1 amide bonds. The third-order valence-electron chi connectivity index (χ3n) is 3.72. The van der Waals surface area contributed by atoms with Gasteiger partial charge in [-0.1, -0.05) is 17.7 Å². The van der Waals surface area contributed by atoms with Gasteiger partial charge in [-0.15, -0.1) is 0 Å². The van der Waals surface area contributed by atoms with Crippen molar-refractivity contribution in [3.05, 3.63) is 58.6 Å². The summed E-state index contributed by atoms with van der Waals surface area (Å²) in [5.74, 6) is -0.347. The van der Waals surface area contributed by atoms with Crippen molar-refractivity contribution in [2.75, 3.05) is 19.0 Å². The molecule has 0 unspecified atom stereocenters. The fourth-order valence-electron chi connectivity index (χ4n) is 2.34. The Bertz CT molecular complexity index is 883. The van der Waals surface area contributed by atoms with Crippen molar-refractivity contribution in [2.45, 2.75) is 24.8 Å². The maximum absolute atomic E-state index is 12.4. The van der Waals surface area contributed by atoms with Crippen molar-refractivity contribution in [2.24, 2.45) is 0 Å². The number of methoxy groups -OCH3 is 1. The SMILES string of the molecule is COC[C@H](C)NS(=O)(=O)c1ccc(C(=O)Nc2cccc(Cl)c2C)cc1. The number of carbonyl (C=O) groups excluding carboxylic acids is 1. The lowest BCUT2D eigenvalue weighted by Gasteiger charge is -2.13. The Kier molecular flexibility index (Phi) is 6.77. The molecular formula is C18H21ClN2O4S. The molecular weight excluding hydrogens is 376 g/mol. The lowest BCUT2D eigenvalue weighted by molar-refractivity contribution is 0.102. The Morgan fingerprint density at radius 2 is 1.85 bits per heavy atom. The Hall–Kier alpha value is -1.93. The zero-order valence-electron chi connectivity index (χ0n) is 14.7. The molecule has 0 heterocycles. The first kappa shape index (κ1) is 20.4. The number of sulfonamides is 1. The fourth-order valence-corrected chi connectivity index (χ4v) is 3.74. The number of rotatable bonds is 7. The molecule has 8 heteroatoms. The van der Waals surface area contributed by atoms with E-state index in [2.05, 4.69) is 10.0 Å². The second-order valence-corrected chi connectivity index (χ2v) is 7.99. The normalized spacial score (nSPS) is 12.6. The van der Waals surface area contributed by atoms with Gasteiger partial charge >= 0.3 is 0 Å². The average molecular weight is 397 g/mol. The summed E-state index contributed by atoms with van der Waals surface area (Å²) in [6, 6.07) is 10.6. The summed E-state index contributed by atoms with van der Waals surface area (Å²) in [5.41, 5.74) is 1.71. The summed E-state index contributed by atoms with van der Waals surface area (Å²) < 4.78 is 32.0. The first-order valence-electron chi connectivity index (χ1n) is 7.92. The summed E-state index contributed by atoms with van der Waals surface area (Å²) in [4.78, 5) is 12.4. The molecule has 0 radical (unpaired) electrons. The molecule has 0 aliphatic rings. The number of carbonyl (C=O) groups is 1. The maximum Gasteiger partial charge on any atom is 0.255 e. The van der Waals surface area contributed by atoms with Gasteiger partial charge in [0.1, 0.15) is 0 Å². The molecule has 0 aromatic heterocycles. The number of ether oxygens (including phenoxy) is 1. The van der Waals surface area contributed by atoms with Crippen LogP contribution in [0.15, 0.2) is 47.4 Å². The first-order chi connectivity index (χ1) is 12.2. The van der Waals surface area contributed by atoms with Gasteiger partial charge in [-0.25, -0.2) is 13.1 Å². The number of anilines is 1. The van der Waals surface area contributed by atoms with Crippen molar-refractivity contribution < 1.29 is 17.9 Å². The lowest BCUT2D eigenvalue weighted by Crippen LogP contribution is -2.35. The maximum atomic E-state index is 12.4. The second kappa shape index (κ2) is 8.64. The molecule has 0 bridgehead atoms. The molecule has 6 nitrogen and oxygen atoms in total. The van der Waals surface area contributed by atoms with Gasteiger partial charge in [0, 0.05) is 29.4 Å². The molecule has 2 aromatic rings. The summed E-state index contributed by atoms with van der Waals surface area (Å²) in [6.45, 7) is 3.77. The lowest BCUT2D eigenvalue weighted by atomic mass is 10.1. The zero-order chi connectivity index (χ0) is 19.3. The van der Waals surface area contributed by atoms with Crippen LogP contribution in [0.2, 0.25) is 5.02 Å². The van der Waals surface area contributed by atoms with Gasteiger partial charge in [0.25, 0.3) is 5.91 Å². The molecule has 0 fully saturated rings. The Balaban J connectivity index is 2.13. The van der Waals surface area contributed by atoms with E-state index in [9.17, 15) is 13.2 Å². The monoisotopic (exact) mass is 396 g/mol. The number of nitrogens with one attached hydrogen (secondary N) is 2. The largest absolute Gasteiger partial charge is 0.383 e. The molecule has 0 spiro atoms. The molecule has 2 aromatic carbocycles. The van der Waals surface area contributed by atoms with Gasteiger partial charge in [-0.2, -0.15) is 0 Å². The highest BCUT2D eigenvalue weighted by atomic mass is 35.5. The third-order valence-corrected chi connectivity index (χ3v) is 5.73. The molecule has 2 rings (SSSR count). The highest BCUT2D eigenvalue weighted by molar-refractivity contribution is 7.89. The minimum atomic E-state index is -3.67. The van der Waals surface area contributed by atoms with E-state index in [0.29, 0.717) is 16.3 Å². The van der Waals surface area contributed by atoms with Gasteiger partial charge in [-0.3, -0.25) is 4.79 Å². The van der Waals surface area contributed by atoms with Gasteiger partial charge in [0.05, 0.1) is 11.5 Å².